The molecule has 0 amide bonds. The molecule has 30 heavy (non-hydrogen) atoms. The molecule has 1 aromatic rings. The number of benzene rings is 1. The molecule has 2 aliphatic carbocycles. The van der Waals surface area contributed by atoms with Crippen molar-refractivity contribution in [1.29, 1.82) is 0 Å². The van der Waals surface area contributed by atoms with Crippen LogP contribution < -0.4 is 10.6 Å². The molecular weight excluding hydrogens is 396 g/mol. The highest BCUT2D eigenvalue weighted by atomic mass is 35.5. The third-order valence-corrected chi connectivity index (χ3v) is 8.52. The molecule has 164 valence electrons. The van der Waals surface area contributed by atoms with E-state index in [1.54, 1.807) is 0 Å². The number of halogens is 1. The zero-order valence-electron chi connectivity index (χ0n) is 18.2. The fraction of sp³-hybridized carbons (Fsp3) is 0.708. The summed E-state index contributed by atoms with van der Waals surface area (Å²) < 4.78 is 6.08. The van der Waals surface area contributed by atoms with E-state index < -0.39 is 0 Å². The van der Waals surface area contributed by atoms with Crippen molar-refractivity contribution in [2.75, 3.05) is 33.8 Å². The molecule has 2 saturated heterocycles. The summed E-state index contributed by atoms with van der Waals surface area (Å²) in [6.07, 6.45) is 8.06. The number of likely N-dealkylation sites (tertiary alicyclic amines) is 1. The summed E-state index contributed by atoms with van der Waals surface area (Å²) in [5.41, 5.74) is 1.69. The molecule has 2 saturated carbocycles. The Labute approximate surface area is 185 Å². The summed E-state index contributed by atoms with van der Waals surface area (Å²) in [6.45, 7) is 2.98. The largest absolute Gasteiger partial charge is 0.377 e. The Hall–Kier alpha value is -1.30. The van der Waals surface area contributed by atoms with Gasteiger partial charge in [0.2, 0.25) is 0 Å². The molecule has 2 N–H and O–H groups in total. The van der Waals surface area contributed by atoms with Crippen molar-refractivity contribution >= 4 is 17.6 Å². The lowest BCUT2D eigenvalue weighted by atomic mass is 9.46. The number of rotatable bonds is 4. The van der Waals surface area contributed by atoms with Crippen LogP contribution in [-0.4, -0.2) is 56.8 Å². The van der Waals surface area contributed by atoms with Gasteiger partial charge in [-0.15, -0.1) is 0 Å². The van der Waals surface area contributed by atoms with Crippen LogP contribution in [-0.2, 0) is 4.74 Å². The SMILES string of the molecule is CN=C(NCC1CCCN(C)C1c1cccc(Cl)c1)NC1C2CCOC2C12CCC2. The molecule has 1 spiro atoms. The first kappa shape index (κ1) is 20.6. The van der Waals surface area contributed by atoms with E-state index in [2.05, 4.69) is 45.8 Å². The Morgan fingerprint density at radius 2 is 2.17 bits per heavy atom. The van der Waals surface area contributed by atoms with Gasteiger partial charge in [-0.3, -0.25) is 9.89 Å². The Bertz CT molecular complexity index is 795. The second-order valence-corrected chi connectivity index (χ2v) is 10.2. The smallest absolute Gasteiger partial charge is 0.191 e. The zero-order valence-corrected chi connectivity index (χ0v) is 19.0. The lowest BCUT2D eigenvalue weighted by molar-refractivity contribution is -0.171. The number of hydrogen-bond donors (Lipinski definition) is 2. The highest BCUT2D eigenvalue weighted by Gasteiger charge is 2.66. The molecule has 0 radical (unpaired) electrons. The van der Waals surface area contributed by atoms with Gasteiger partial charge in [-0.05, 0) is 69.3 Å². The molecule has 4 aliphatic rings. The molecule has 2 heterocycles. The monoisotopic (exact) mass is 430 g/mol. The summed E-state index contributed by atoms with van der Waals surface area (Å²) in [6, 6.07) is 9.28. The van der Waals surface area contributed by atoms with E-state index in [-0.39, 0.29) is 0 Å². The number of ether oxygens (including phenoxy) is 1. The predicted octanol–water partition coefficient (Wildman–Crippen LogP) is 3.85. The van der Waals surface area contributed by atoms with Crippen LogP contribution in [0.2, 0.25) is 5.02 Å². The van der Waals surface area contributed by atoms with Crippen molar-refractivity contribution < 1.29 is 4.74 Å². The maximum absolute atomic E-state index is 6.31. The van der Waals surface area contributed by atoms with Crippen LogP contribution in [0.25, 0.3) is 0 Å². The van der Waals surface area contributed by atoms with Gasteiger partial charge >= 0.3 is 0 Å². The lowest BCUT2D eigenvalue weighted by Gasteiger charge is -2.63. The number of piperidine rings is 1. The van der Waals surface area contributed by atoms with Crippen LogP contribution in [0.1, 0.15) is 50.1 Å². The van der Waals surface area contributed by atoms with Crippen molar-refractivity contribution in [3.05, 3.63) is 34.9 Å². The van der Waals surface area contributed by atoms with Crippen LogP contribution in [0.3, 0.4) is 0 Å². The molecule has 1 aromatic carbocycles. The van der Waals surface area contributed by atoms with Gasteiger partial charge in [-0.2, -0.15) is 0 Å². The minimum absolute atomic E-state index is 0.368. The quantitative estimate of drug-likeness (QED) is 0.562. The first-order chi connectivity index (χ1) is 14.6. The maximum Gasteiger partial charge on any atom is 0.191 e. The molecule has 0 bridgehead atoms. The molecule has 5 atom stereocenters. The van der Waals surface area contributed by atoms with Gasteiger partial charge in [0.25, 0.3) is 0 Å². The molecule has 5 nitrogen and oxygen atoms in total. The van der Waals surface area contributed by atoms with Crippen LogP contribution in [0.15, 0.2) is 29.3 Å². The third-order valence-electron chi connectivity index (χ3n) is 8.28. The Morgan fingerprint density at radius 1 is 1.30 bits per heavy atom. The van der Waals surface area contributed by atoms with Crippen LogP contribution in [0.4, 0.5) is 0 Å². The summed E-state index contributed by atoms with van der Waals surface area (Å²) in [5.74, 6) is 2.14. The molecule has 4 fully saturated rings. The lowest BCUT2D eigenvalue weighted by Crippen LogP contribution is -2.72. The van der Waals surface area contributed by atoms with E-state index in [0.29, 0.717) is 35.4 Å². The Balaban J connectivity index is 1.24. The van der Waals surface area contributed by atoms with E-state index in [1.807, 2.05) is 13.1 Å². The van der Waals surface area contributed by atoms with Gasteiger partial charge in [0.05, 0.1) is 6.10 Å². The number of nitrogens with zero attached hydrogens (tertiary/aromatic N) is 2. The van der Waals surface area contributed by atoms with Gasteiger partial charge < -0.3 is 15.4 Å². The standard InChI is InChI=1S/C24H35ClN4O/c1-26-23(28-21-19-9-13-30-22(19)24(21)10-5-11-24)27-15-17-7-4-12-29(2)20(17)16-6-3-8-18(25)14-16/h3,6,8,14,17,19-22H,4-5,7,9-13,15H2,1-2H3,(H2,26,27,28). The van der Waals surface area contributed by atoms with Crippen LogP contribution in [0, 0.1) is 17.3 Å². The Morgan fingerprint density at radius 3 is 2.90 bits per heavy atom. The second kappa shape index (κ2) is 8.33. The van der Waals surface area contributed by atoms with Crippen molar-refractivity contribution in [2.24, 2.45) is 22.2 Å². The summed E-state index contributed by atoms with van der Waals surface area (Å²) in [7, 11) is 4.13. The average Bonchev–Trinajstić information content (AvgIpc) is 3.12. The summed E-state index contributed by atoms with van der Waals surface area (Å²) >= 11 is 6.31. The maximum atomic E-state index is 6.31. The fourth-order valence-corrected chi connectivity index (χ4v) is 6.91. The number of fused-ring (bicyclic) bond motifs is 2. The third kappa shape index (κ3) is 3.43. The normalized spacial score (nSPS) is 35.4. The fourth-order valence-electron chi connectivity index (χ4n) is 6.72. The van der Waals surface area contributed by atoms with Gasteiger partial charge in [-0.25, -0.2) is 0 Å². The van der Waals surface area contributed by atoms with Crippen LogP contribution >= 0.6 is 11.6 Å². The van der Waals surface area contributed by atoms with E-state index in [0.717, 1.165) is 30.7 Å². The first-order valence-corrected chi connectivity index (χ1v) is 12.0. The highest BCUT2D eigenvalue weighted by molar-refractivity contribution is 6.30. The number of guanidine groups is 1. The minimum Gasteiger partial charge on any atom is -0.377 e. The number of aliphatic imine (C=N–C) groups is 1. The topological polar surface area (TPSA) is 48.9 Å². The summed E-state index contributed by atoms with van der Waals surface area (Å²) in [5, 5.41) is 8.30. The van der Waals surface area contributed by atoms with Crippen molar-refractivity contribution in [3.8, 4) is 0 Å². The zero-order chi connectivity index (χ0) is 20.7. The average molecular weight is 431 g/mol. The molecule has 2 aliphatic heterocycles. The van der Waals surface area contributed by atoms with E-state index in [1.165, 1.54) is 44.1 Å². The highest BCUT2D eigenvalue weighted by Crippen LogP contribution is 2.62. The number of hydrogen-bond acceptors (Lipinski definition) is 3. The molecular formula is C24H35ClN4O. The van der Waals surface area contributed by atoms with Crippen molar-refractivity contribution in [3.63, 3.8) is 0 Å². The minimum atomic E-state index is 0.368. The van der Waals surface area contributed by atoms with Crippen LogP contribution in [0.5, 0.6) is 0 Å². The summed E-state index contributed by atoms with van der Waals surface area (Å²) in [4.78, 5) is 7.06. The van der Waals surface area contributed by atoms with Gasteiger partial charge in [-0.1, -0.05) is 30.2 Å². The second-order valence-electron chi connectivity index (χ2n) is 9.79. The van der Waals surface area contributed by atoms with E-state index >= 15 is 0 Å². The molecule has 0 aromatic heterocycles. The number of nitrogens with one attached hydrogen (secondary N) is 2. The predicted molar refractivity (Wildman–Crippen MR) is 122 cm³/mol. The van der Waals surface area contributed by atoms with Gasteiger partial charge in [0, 0.05) is 48.6 Å². The Kier molecular flexibility index (Phi) is 5.72. The molecule has 6 heteroatoms. The molecule has 5 rings (SSSR count). The molecule has 5 unspecified atom stereocenters. The van der Waals surface area contributed by atoms with E-state index in [9.17, 15) is 0 Å². The van der Waals surface area contributed by atoms with Gasteiger partial charge in [0.15, 0.2) is 5.96 Å². The van der Waals surface area contributed by atoms with Crippen molar-refractivity contribution in [2.45, 2.75) is 56.7 Å². The van der Waals surface area contributed by atoms with Gasteiger partial charge in [0.1, 0.15) is 0 Å². The van der Waals surface area contributed by atoms with Crippen molar-refractivity contribution in [1.82, 2.24) is 15.5 Å². The van der Waals surface area contributed by atoms with E-state index in [4.69, 9.17) is 16.3 Å². The first-order valence-electron chi connectivity index (χ1n) is 11.7.